The standard InChI is InChI=1S/C19H15N/c1-3-16-7-6-8-17(13-16)11-12-20-14-15(2)18-9-4-5-10-19(18)20/h1,4-14H,2H3/b12-11+. The summed E-state index contributed by atoms with van der Waals surface area (Å²) >= 11 is 0. The minimum absolute atomic E-state index is 0.903. The van der Waals surface area contributed by atoms with Gasteiger partial charge in [-0.2, -0.15) is 0 Å². The van der Waals surface area contributed by atoms with Crippen LogP contribution in [0.25, 0.3) is 23.2 Å². The zero-order chi connectivity index (χ0) is 13.9. The normalized spacial score (nSPS) is 11.0. The Kier molecular flexibility index (Phi) is 3.15. The molecule has 0 unspecified atom stereocenters. The van der Waals surface area contributed by atoms with Crippen LogP contribution in [0, 0.1) is 19.3 Å². The third-order valence-corrected chi connectivity index (χ3v) is 3.42. The van der Waals surface area contributed by atoms with Gasteiger partial charge in [0.05, 0.1) is 5.52 Å². The summed E-state index contributed by atoms with van der Waals surface area (Å²) in [7, 11) is 0. The Labute approximate surface area is 119 Å². The van der Waals surface area contributed by atoms with E-state index in [1.54, 1.807) is 0 Å². The molecule has 1 aromatic heterocycles. The SMILES string of the molecule is C#Cc1cccc(/C=C/n2cc(C)c3ccccc32)c1. The summed E-state index contributed by atoms with van der Waals surface area (Å²) in [5.74, 6) is 2.66. The highest BCUT2D eigenvalue weighted by molar-refractivity contribution is 5.86. The zero-order valence-corrected chi connectivity index (χ0v) is 11.4. The summed E-state index contributed by atoms with van der Waals surface area (Å²) in [4.78, 5) is 0. The molecule has 0 amide bonds. The monoisotopic (exact) mass is 257 g/mol. The van der Waals surface area contributed by atoms with Gasteiger partial charge in [-0.05, 0) is 42.3 Å². The Morgan fingerprint density at radius 3 is 2.80 bits per heavy atom. The van der Waals surface area contributed by atoms with Gasteiger partial charge < -0.3 is 4.57 Å². The number of aromatic nitrogens is 1. The quantitative estimate of drug-likeness (QED) is 0.593. The van der Waals surface area contributed by atoms with Crippen molar-refractivity contribution in [3.63, 3.8) is 0 Å². The Hall–Kier alpha value is -2.72. The summed E-state index contributed by atoms with van der Waals surface area (Å²) < 4.78 is 2.15. The number of hydrogen-bond donors (Lipinski definition) is 0. The number of hydrogen-bond acceptors (Lipinski definition) is 0. The number of nitrogens with zero attached hydrogens (tertiary/aromatic N) is 1. The van der Waals surface area contributed by atoms with E-state index in [4.69, 9.17) is 6.42 Å². The van der Waals surface area contributed by atoms with Crippen molar-refractivity contribution in [1.29, 1.82) is 0 Å². The maximum atomic E-state index is 5.42. The first-order chi connectivity index (χ1) is 9.78. The van der Waals surface area contributed by atoms with Gasteiger partial charge in [-0.25, -0.2) is 0 Å². The van der Waals surface area contributed by atoms with E-state index in [0.717, 1.165) is 11.1 Å². The van der Waals surface area contributed by atoms with E-state index in [1.165, 1.54) is 16.5 Å². The average Bonchev–Trinajstić information content (AvgIpc) is 2.82. The maximum absolute atomic E-state index is 5.42. The van der Waals surface area contributed by atoms with Crippen molar-refractivity contribution >= 4 is 23.2 Å². The van der Waals surface area contributed by atoms with Crippen molar-refractivity contribution in [3.05, 3.63) is 71.4 Å². The fourth-order valence-corrected chi connectivity index (χ4v) is 2.40. The van der Waals surface area contributed by atoms with Crippen LogP contribution in [0.15, 0.2) is 54.7 Å². The van der Waals surface area contributed by atoms with E-state index in [1.807, 2.05) is 18.2 Å². The molecule has 0 aliphatic heterocycles. The molecule has 96 valence electrons. The van der Waals surface area contributed by atoms with Gasteiger partial charge in [0.25, 0.3) is 0 Å². The molecule has 0 N–H and O–H groups in total. The molecule has 1 heteroatoms. The molecule has 2 aromatic carbocycles. The molecule has 3 aromatic rings. The molecule has 0 radical (unpaired) electrons. The minimum atomic E-state index is 0.903. The highest BCUT2D eigenvalue weighted by atomic mass is 14.9. The summed E-state index contributed by atoms with van der Waals surface area (Å²) in [6.45, 7) is 2.13. The lowest BCUT2D eigenvalue weighted by Crippen LogP contribution is -1.83. The Morgan fingerprint density at radius 1 is 1.10 bits per heavy atom. The van der Waals surface area contributed by atoms with Gasteiger partial charge in [0.2, 0.25) is 0 Å². The topological polar surface area (TPSA) is 4.93 Å². The van der Waals surface area contributed by atoms with Crippen molar-refractivity contribution in [1.82, 2.24) is 4.57 Å². The maximum Gasteiger partial charge on any atom is 0.0525 e. The summed E-state index contributed by atoms with van der Waals surface area (Å²) in [6.07, 6.45) is 11.7. The summed E-state index contributed by atoms with van der Waals surface area (Å²) in [5, 5.41) is 1.29. The van der Waals surface area contributed by atoms with Gasteiger partial charge in [0.15, 0.2) is 0 Å². The van der Waals surface area contributed by atoms with Crippen LogP contribution in [-0.2, 0) is 0 Å². The number of aryl methyl sites for hydroxylation is 1. The second kappa shape index (κ2) is 5.11. The lowest BCUT2D eigenvalue weighted by atomic mass is 10.1. The number of benzene rings is 2. The Morgan fingerprint density at radius 2 is 1.95 bits per heavy atom. The highest BCUT2D eigenvalue weighted by Gasteiger charge is 2.01. The van der Waals surface area contributed by atoms with Gasteiger partial charge >= 0.3 is 0 Å². The molecular formula is C19H15N. The van der Waals surface area contributed by atoms with Crippen molar-refractivity contribution in [2.75, 3.05) is 0 Å². The molecule has 0 aliphatic carbocycles. The van der Waals surface area contributed by atoms with Crippen LogP contribution >= 0.6 is 0 Å². The fourth-order valence-electron chi connectivity index (χ4n) is 2.40. The molecular weight excluding hydrogens is 242 g/mol. The van der Waals surface area contributed by atoms with Crippen LogP contribution in [0.5, 0.6) is 0 Å². The number of terminal acetylenes is 1. The van der Waals surface area contributed by atoms with Crippen molar-refractivity contribution in [3.8, 4) is 12.3 Å². The van der Waals surface area contributed by atoms with E-state index < -0.39 is 0 Å². The molecule has 0 saturated heterocycles. The zero-order valence-electron chi connectivity index (χ0n) is 11.4. The fraction of sp³-hybridized carbons (Fsp3) is 0.0526. The first-order valence-electron chi connectivity index (χ1n) is 6.59. The molecule has 0 spiro atoms. The summed E-state index contributed by atoms with van der Waals surface area (Å²) in [6, 6.07) is 16.4. The first kappa shape index (κ1) is 12.3. The third-order valence-electron chi connectivity index (χ3n) is 3.42. The van der Waals surface area contributed by atoms with Crippen molar-refractivity contribution in [2.24, 2.45) is 0 Å². The molecule has 0 fully saturated rings. The Balaban J connectivity index is 2.01. The lowest BCUT2D eigenvalue weighted by Gasteiger charge is -1.98. The molecule has 3 rings (SSSR count). The Bertz CT molecular complexity index is 828. The van der Waals surface area contributed by atoms with E-state index in [9.17, 15) is 0 Å². The van der Waals surface area contributed by atoms with Crippen LogP contribution < -0.4 is 0 Å². The van der Waals surface area contributed by atoms with Crippen molar-refractivity contribution in [2.45, 2.75) is 6.92 Å². The molecule has 0 atom stereocenters. The number of fused-ring (bicyclic) bond motifs is 1. The minimum Gasteiger partial charge on any atom is -0.323 e. The van der Waals surface area contributed by atoms with E-state index in [2.05, 4.69) is 66.2 Å². The molecule has 1 nitrogen and oxygen atoms in total. The van der Waals surface area contributed by atoms with Gasteiger partial charge in [-0.15, -0.1) is 6.42 Å². The van der Waals surface area contributed by atoms with E-state index in [0.29, 0.717) is 0 Å². The number of para-hydroxylation sites is 1. The molecule has 20 heavy (non-hydrogen) atoms. The van der Waals surface area contributed by atoms with Gasteiger partial charge in [0.1, 0.15) is 0 Å². The second-order valence-electron chi connectivity index (χ2n) is 4.82. The van der Waals surface area contributed by atoms with Gasteiger partial charge in [-0.1, -0.05) is 36.3 Å². The van der Waals surface area contributed by atoms with Crippen LogP contribution in [-0.4, -0.2) is 4.57 Å². The second-order valence-corrected chi connectivity index (χ2v) is 4.82. The largest absolute Gasteiger partial charge is 0.323 e. The smallest absolute Gasteiger partial charge is 0.0525 e. The van der Waals surface area contributed by atoms with E-state index in [-0.39, 0.29) is 0 Å². The van der Waals surface area contributed by atoms with Gasteiger partial charge in [-0.3, -0.25) is 0 Å². The lowest BCUT2D eigenvalue weighted by molar-refractivity contribution is 1.22. The summed E-state index contributed by atoms with van der Waals surface area (Å²) in [5.41, 5.74) is 4.51. The molecule has 0 saturated carbocycles. The van der Waals surface area contributed by atoms with Crippen LogP contribution in [0.1, 0.15) is 16.7 Å². The predicted molar refractivity (Wildman–Crippen MR) is 86.3 cm³/mol. The van der Waals surface area contributed by atoms with Crippen LogP contribution in [0.3, 0.4) is 0 Å². The van der Waals surface area contributed by atoms with Crippen LogP contribution in [0.4, 0.5) is 0 Å². The molecule has 0 aliphatic rings. The number of rotatable bonds is 2. The first-order valence-corrected chi connectivity index (χ1v) is 6.59. The predicted octanol–water partition coefficient (Wildman–Crippen LogP) is 4.56. The van der Waals surface area contributed by atoms with Crippen molar-refractivity contribution < 1.29 is 0 Å². The van der Waals surface area contributed by atoms with Gasteiger partial charge in [0, 0.05) is 23.3 Å². The third kappa shape index (κ3) is 2.24. The average molecular weight is 257 g/mol. The van der Waals surface area contributed by atoms with E-state index >= 15 is 0 Å². The van der Waals surface area contributed by atoms with Crippen LogP contribution in [0.2, 0.25) is 0 Å². The molecule has 1 heterocycles. The molecule has 0 bridgehead atoms. The highest BCUT2D eigenvalue weighted by Crippen LogP contribution is 2.21.